The van der Waals surface area contributed by atoms with E-state index in [2.05, 4.69) is 13.8 Å². The van der Waals surface area contributed by atoms with Crippen LogP contribution in [0.15, 0.2) is 11.9 Å². The third kappa shape index (κ3) is 25.7. The molecule has 4 heteroatoms. The van der Waals surface area contributed by atoms with Crippen LogP contribution in [0.2, 0.25) is 0 Å². The molecular weight excluding hydrogens is 163 g/mol. The van der Waals surface area contributed by atoms with Crippen LogP contribution in [0, 0.1) is 0 Å². The lowest BCUT2D eigenvalue weighted by atomic mass is 10.4. The van der Waals surface area contributed by atoms with Crippen LogP contribution in [-0.4, -0.2) is 9.79 Å². The van der Waals surface area contributed by atoms with Gasteiger partial charge in [-0.25, -0.2) is 0 Å². The summed E-state index contributed by atoms with van der Waals surface area (Å²) in [7, 11) is -3.85. The van der Waals surface area contributed by atoms with Crippen LogP contribution in [0.4, 0.5) is 0 Å². The number of allylic oxidation sites excluding steroid dienone is 1. The van der Waals surface area contributed by atoms with Gasteiger partial charge in [-0.2, -0.15) is 0 Å². The number of hydrogen-bond donors (Lipinski definition) is 2. The van der Waals surface area contributed by atoms with Gasteiger partial charge in [-0.05, 0) is 6.92 Å². The molecule has 0 bridgehead atoms. The van der Waals surface area contributed by atoms with E-state index in [0.29, 0.717) is 0 Å². The van der Waals surface area contributed by atoms with E-state index in [0.717, 1.165) is 5.82 Å². The van der Waals surface area contributed by atoms with Gasteiger partial charge >= 0.3 is 7.60 Å². The fourth-order valence-electron chi connectivity index (χ4n) is 0.194. The second-order valence-electron chi connectivity index (χ2n) is 2.07. The Morgan fingerprint density at radius 3 is 1.64 bits per heavy atom. The molecule has 0 aliphatic carbocycles. The van der Waals surface area contributed by atoms with Crippen molar-refractivity contribution in [3.63, 3.8) is 0 Å². The van der Waals surface area contributed by atoms with Crippen LogP contribution < -0.4 is 0 Å². The summed E-state index contributed by atoms with van der Waals surface area (Å²) in [5.41, 5.74) is 0. The summed E-state index contributed by atoms with van der Waals surface area (Å²) in [5, 5.41) is 0. The van der Waals surface area contributed by atoms with Gasteiger partial charge in [0.15, 0.2) is 0 Å². The molecular formula is C7H17O3P. The maximum absolute atomic E-state index is 9.84. The lowest BCUT2D eigenvalue weighted by Crippen LogP contribution is -1.65. The minimum atomic E-state index is -3.85. The van der Waals surface area contributed by atoms with Gasteiger partial charge in [0.25, 0.3) is 0 Å². The number of unbranched alkanes of at least 4 members (excludes halogenated alkanes) is 1. The molecule has 0 rings (SSSR count). The highest BCUT2D eigenvalue weighted by molar-refractivity contribution is 7.55. The van der Waals surface area contributed by atoms with Crippen LogP contribution in [0.3, 0.4) is 0 Å². The molecule has 0 spiro atoms. The molecule has 0 unspecified atom stereocenters. The van der Waals surface area contributed by atoms with Crippen LogP contribution in [0.5, 0.6) is 0 Å². The first-order valence-electron chi connectivity index (χ1n) is 3.67. The average Bonchev–Trinajstić information content (AvgIpc) is 1.86. The molecule has 0 saturated carbocycles. The van der Waals surface area contributed by atoms with Crippen molar-refractivity contribution in [3.05, 3.63) is 11.9 Å². The van der Waals surface area contributed by atoms with Crippen LogP contribution in [0.1, 0.15) is 33.6 Å². The van der Waals surface area contributed by atoms with Crippen molar-refractivity contribution in [2.24, 2.45) is 0 Å². The second-order valence-corrected chi connectivity index (χ2v) is 3.55. The van der Waals surface area contributed by atoms with Gasteiger partial charge in [0.1, 0.15) is 0 Å². The predicted molar refractivity (Wildman–Crippen MR) is 47.4 cm³/mol. The minimum absolute atomic E-state index is 0.854. The van der Waals surface area contributed by atoms with Crippen molar-refractivity contribution in [1.82, 2.24) is 0 Å². The van der Waals surface area contributed by atoms with E-state index in [9.17, 15) is 4.57 Å². The summed E-state index contributed by atoms with van der Waals surface area (Å²) in [5.74, 6) is 0.854. The van der Waals surface area contributed by atoms with E-state index in [-0.39, 0.29) is 0 Å². The molecule has 3 nitrogen and oxygen atoms in total. The van der Waals surface area contributed by atoms with Gasteiger partial charge in [0, 0.05) is 5.82 Å². The largest absolute Gasteiger partial charge is 0.348 e. The molecule has 0 aliphatic heterocycles. The normalized spacial score (nSPS) is 11.0. The summed E-state index contributed by atoms with van der Waals surface area (Å²) in [6.07, 6.45) is 3.96. The Bertz CT molecular complexity index is 135. The van der Waals surface area contributed by atoms with Crippen LogP contribution >= 0.6 is 7.60 Å². The Morgan fingerprint density at radius 2 is 1.64 bits per heavy atom. The zero-order valence-electron chi connectivity index (χ0n) is 7.32. The molecule has 0 radical (unpaired) electrons. The molecule has 2 N–H and O–H groups in total. The SMILES string of the molecule is C/C=C\P(=O)(O)O.CCCC. The monoisotopic (exact) mass is 180 g/mol. The second kappa shape index (κ2) is 7.99. The molecule has 0 aromatic heterocycles. The standard InChI is InChI=1S/C4H10.C3H7O3P/c1-3-4-2;1-2-3-7(4,5)6/h3-4H2,1-2H3;2-3H,1H3,(H2,4,5,6)/b;3-2-. The Kier molecular flexibility index (Phi) is 9.79. The lowest BCUT2D eigenvalue weighted by molar-refractivity contribution is 0.386. The molecule has 0 amide bonds. The van der Waals surface area contributed by atoms with E-state index in [1.807, 2.05) is 0 Å². The molecule has 0 heterocycles. The summed E-state index contributed by atoms with van der Waals surface area (Å²) in [6, 6.07) is 0. The molecule has 0 aromatic rings. The van der Waals surface area contributed by atoms with Crippen molar-refractivity contribution in [3.8, 4) is 0 Å². The Balaban J connectivity index is 0. The van der Waals surface area contributed by atoms with E-state index in [1.54, 1.807) is 6.92 Å². The molecule has 11 heavy (non-hydrogen) atoms. The first-order chi connectivity index (χ1) is 4.97. The van der Waals surface area contributed by atoms with Crippen LogP contribution in [-0.2, 0) is 4.57 Å². The maximum atomic E-state index is 9.84. The Hall–Kier alpha value is -0.110. The van der Waals surface area contributed by atoms with E-state index in [1.165, 1.54) is 18.9 Å². The van der Waals surface area contributed by atoms with Crippen molar-refractivity contribution < 1.29 is 14.4 Å². The van der Waals surface area contributed by atoms with Crippen LogP contribution in [0.25, 0.3) is 0 Å². The smallest absolute Gasteiger partial charge is 0.321 e. The molecule has 0 fully saturated rings. The third-order valence-corrected chi connectivity index (χ3v) is 1.53. The number of hydrogen-bond acceptors (Lipinski definition) is 1. The van der Waals surface area contributed by atoms with Crippen molar-refractivity contribution >= 4 is 7.60 Å². The molecule has 0 saturated heterocycles. The fourth-order valence-corrected chi connectivity index (χ4v) is 0.583. The average molecular weight is 180 g/mol. The fraction of sp³-hybridized carbons (Fsp3) is 0.714. The van der Waals surface area contributed by atoms with E-state index in [4.69, 9.17) is 9.79 Å². The Morgan fingerprint density at radius 1 is 1.27 bits per heavy atom. The topological polar surface area (TPSA) is 57.5 Å². The predicted octanol–water partition coefficient (Wildman–Crippen LogP) is 2.50. The molecule has 0 aliphatic rings. The highest BCUT2D eigenvalue weighted by atomic mass is 31.2. The quantitative estimate of drug-likeness (QED) is 0.642. The van der Waals surface area contributed by atoms with Gasteiger partial charge in [0.2, 0.25) is 0 Å². The highest BCUT2D eigenvalue weighted by Crippen LogP contribution is 2.35. The maximum Gasteiger partial charge on any atom is 0.348 e. The van der Waals surface area contributed by atoms with Gasteiger partial charge in [-0.3, -0.25) is 4.57 Å². The summed E-state index contributed by atoms with van der Waals surface area (Å²) in [4.78, 5) is 16.1. The van der Waals surface area contributed by atoms with E-state index >= 15 is 0 Å². The van der Waals surface area contributed by atoms with Gasteiger partial charge in [-0.15, -0.1) is 0 Å². The van der Waals surface area contributed by atoms with Crippen molar-refractivity contribution in [1.29, 1.82) is 0 Å². The zero-order valence-corrected chi connectivity index (χ0v) is 8.21. The Labute approximate surface area is 68.3 Å². The molecule has 68 valence electrons. The first kappa shape index (κ1) is 13.5. The summed E-state index contributed by atoms with van der Waals surface area (Å²) >= 11 is 0. The third-order valence-electron chi connectivity index (χ3n) is 0.843. The first-order valence-corrected chi connectivity index (χ1v) is 5.35. The summed E-state index contributed by atoms with van der Waals surface area (Å²) in [6.45, 7) is 5.92. The van der Waals surface area contributed by atoms with Gasteiger partial charge in [-0.1, -0.05) is 32.8 Å². The number of rotatable bonds is 2. The molecule has 0 atom stereocenters. The molecule has 0 aromatic carbocycles. The minimum Gasteiger partial charge on any atom is -0.321 e. The summed E-state index contributed by atoms with van der Waals surface area (Å²) < 4.78 is 9.84. The zero-order chi connectivity index (χ0) is 9.33. The highest BCUT2D eigenvalue weighted by Gasteiger charge is 2.02. The van der Waals surface area contributed by atoms with Crippen molar-refractivity contribution in [2.75, 3.05) is 0 Å². The van der Waals surface area contributed by atoms with E-state index < -0.39 is 7.60 Å². The van der Waals surface area contributed by atoms with Crippen molar-refractivity contribution in [2.45, 2.75) is 33.6 Å². The van der Waals surface area contributed by atoms with Gasteiger partial charge in [0.05, 0.1) is 0 Å². The van der Waals surface area contributed by atoms with Gasteiger partial charge < -0.3 is 9.79 Å². The lowest BCUT2D eigenvalue weighted by Gasteiger charge is -1.89.